The fraction of sp³-hybridized carbons (Fsp3) is 0. The number of benzene rings is 2. The number of carbonyl (C=O) groups excluding carboxylic acids is 1. The Morgan fingerprint density at radius 2 is 1.96 bits per heavy atom. The summed E-state index contributed by atoms with van der Waals surface area (Å²) < 4.78 is 0. The van der Waals surface area contributed by atoms with Crippen molar-refractivity contribution in [1.82, 2.24) is 4.98 Å². The number of aldehydes is 1. The maximum absolute atomic E-state index is 12.6. The Kier molecular flexibility index (Phi) is 4.77. The lowest BCUT2D eigenvalue weighted by Gasteiger charge is -2.13. The number of aromatic amines is 1. The van der Waals surface area contributed by atoms with Gasteiger partial charge < -0.3 is 9.82 Å². The van der Waals surface area contributed by atoms with Gasteiger partial charge in [-0.05, 0) is 23.8 Å². The Balaban J connectivity index is 2.33. The molecular formula is C19H13ClN2O3. The van der Waals surface area contributed by atoms with Crippen LogP contribution >= 0.6 is 11.6 Å². The SMILES string of the molecule is C=C(O/N=C/C=O)c1c(-c2ccccc2)c2cc(Cl)ccc2[nH]c1=O. The van der Waals surface area contributed by atoms with Crippen molar-refractivity contribution in [1.29, 1.82) is 0 Å². The number of hydrogen-bond donors (Lipinski definition) is 1. The predicted molar refractivity (Wildman–Crippen MR) is 99.7 cm³/mol. The van der Waals surface area contributed by atoms with Gasteiger partial charge in [-0.3, -0.25) is 9.59 Å². The van der Waals surface area contributed by atoms with Crippen molar-refractivity contribution < 1.29 is 9.63 Å². The second-order valence-electron chi connectivity index (χ2n) is 5.17. The van der Waals surface area contributed by atoms with Crippen LogP contribution in [0.5, 0.6) is 0 Å². The van der Waals surface area contributed by atoms with E-state index in [2.05, 4.69) is 16.7 Å². The number of aromatic nitrogens is 1. The predicted octanol–water partition coefficient (Wildman–Crippen LogP) is 4.02. The Bertz CT molecular complexity index is 1040. The third kappa shape index (κ3) is 3.36. The van der Waals surface area contributed by atoms with Gasteiger partial charge in [-0.25, -0.2) is 0 Å². The number of pyridine rings is 1. The van der Waals surface area contributed by atoms with Gasteiger partial charge in [0.25, 0.3) is 5.56 Å². The standard InChI is InChI=1S/C19H13ClN2O3/c1-12(25-21-9-10-23)17-18(13-5-3-2-4-6-13)15-11-14(20)7-8-16(15)22-19(17)24/h2-11H,1H2,(H,22,24)/b21-9+. The second-order valence-corrected chi connectivity index (χ2v) is 5.60. The topological polar surface area (TPSA) is 71.5 Å². The molecule has 0 saturated carbocycles. The van der Waals surface area contributed by atoms with Gasteiger partial charge in [0, 0.05) is 21.5 Å². The Morgan fingerprint density at radius 3 is 2.68 bits per heavy atom. The number of carbonyl (C=O) groups is 1. The lowest BCUT2D eigenvalue weighted by atomic mass is 9.95. The van der Waals surface area contributed by atoms with Crippen molar-refractivity contribution >= 4 is 40.8 Å². The van der Waals surface area contributed by atoms with Crippen LogP contribution in [0.2, 0.25) is 5.02 Å². The van der Waals surface area contributed by atoms with Gasteiger partial charge in [0.2, 0.25) is 0 Å². The zero-order chi connectivity index (χ0) is 17.8. The van der Waals surface area contributed by atoms with Gasteiger partial charge in [0.05, 0.1) is 5.56 Å². The van der Waals surface area contributed by atoms with Gasteiger partial charge in [-0.2, -0.15) is 0 Å². The van der Waals surface area contributed by atoms with E-state index in [9.17, 15) is 9.59 Å². The van der Waals surface area contributed by atoms with Crippen LogP contribution in [0.1, 0.15) is 5.56 Å². The number of hydrogen-bond acceptors (Lipinski definition) is 4. The molecule has 0 aliphatic carbocycles. The van der Waals surface area contributed by atoms with Crippen LogP contribution in [0.4, 0.5) is 0 Å². The molecule has 0 bridgehead atoms. The van der Waals surface area contributed by atoms with Gasteiger partial charge in [0.15, 0.2) is 12.0 Å². The molecule has 0 amide bonds. The average Bonchev–Trinajstić information content (AvgIpc) is 2.62. The maximum atomic E-state index is 12.6. The molecule has 1 heterocycles. The van der Waals surface area contributed by atoms with Gasteiger partial charge in [-0.1, -0.05) is 53.7 Å². The number of rotatable bonds is 5. The number of nitrogens with one attached hydrogen (secondary N) is 1. The molecule has 0 spiro atoms. The highest BCUT2D eigenvalue weighted by Crippen LogP contribution is 2.33. The fourth-order valence-corrected chi connectivity index (χ4v) is 2.77. The molecule has 0 saturated heterocycles. The molecule has 0 aliphatic heterocycles. The smallest absolute Gasteiger partial charge is 0.260 e. The molecule has 1 N–H and O–H groups in total. The highest BCUT2D eigenvalue weighted by molar-refractivity contribution is 6.31. The summed E-state index contributed by atoms with van der Waals surface area (Å²) in [5.41, 5.74) is 1.93. The Labute approximate surface area is 148 Å². The third-order valence-corrected chi connectivity index (χ3v) is 3.84. The summed E-state index contributed by atoms with van der Waals surface area (Å²) in [4.78, 5) is 30.9. The lowest BCUT2D eigenvalue weighted by Crippen LogP contribution is -2.14. The summed E-state index contributed by atoms with van der Waals surface area (Å²) >= 11 is 6.14. The number of nitrogens with zero attached hydrogens (tertiary/aromatic N) is 1. The van der Waals surface area contributed by atoms with Gasteiger partial charge in [-0.15, -0.1) is 0 Å². The summed E-state index contributed by atoms with van der Waals surface area (Å²) in [5.74, 6) is 0.0279. The van der Waals surface area contributed by atoms with Crippen LogP contribution in [-0.4, -0.2) is 17.5 Å². The van der Waals surface area contributed by atoms with Crippen molar-refractivity contribution in [3.8, 4) is 11.1 Å². The molecule has 0 radical (unpaired) electrons. The van der Waals surface area contributed by atoms with Crippen molar-refractivity contribution in [2.75, 3.05) is 0 Å². The minimum atomic E-state index is -0.375. The molecular weight excluding hydrogens is 340 g/mol. The molecule has 6 heteroatoms. The number of H-pyrrole nitrogens is 1. The largest absolute Gasteiger partial charge is 0.357 e. The molecule has 0 atom stereocenters. The van der Waals surface area contributed by atoms with Gasteiger partial charge >= 0.3 is 0 Å². The van der Waals surface area contributed by atoms with Gasteiger partial charge in [0.1, 0.15) is 6.21 Å². The maximum Gasteiger partial charge on any atom is 0.260 e. The van der Waals surface area contributed by atoms with E-state index in [1.165, 1.54) is 0 Å². The highest BCUT2D eigenvalue weighted by Gasteiger charge is 2.18. The molecule has 3 rings (SSSR count). The third-order valence-electron chi connectivity index (χ3n) is 3.60. The molecule has 0 aliphatic rings. The Morgan fingerprint density at radius 1 is 1.20 bits per heavy atom. The van der Waals surface area contributed by atoms with E-state index in [0.29, 0.717) is 22.4 Å². The minimum Gasteiger partial charge on any atom is -0.357 e. The molecule has 3 aromatic rings. The number of halogens is 1. The van der Waals surface area contributed by atoms with E-state index in [-0.39, 0.29) is 16.9 Å². The molecule has 1 aromatic heterocycles. The van der Waals surface area contributed by atoms with Crippen LogP contribution in [0.3, 0.4) is 0 Å². The lowest BCUT2D eigenvalue weighted by molar-refractivity contribution is -0.102. The van der Waals surface area contributed by atoms with Crippen molar-refractivity contribution in [3.63, 3.8) is 0 Å². The van der Waals surface area contributed by atoms with Crippen LogP contribution in [0, 0.1) is 0 Å². The van der Waals surface area contributed by atoms with Crippen LogP contribution in [0.25, 0.3) is 27.8 Å². The quantitative estimate of drug-likeness (QED) is 0.326. The second kappa shape index (κ2) is 7.15. The molecule has 2 aromatic carbocycles. The molecule has 0 unspecified atom stereocenters. The fourth-order valence-electron chi connectivity index (χ4n) is 2.60. The monoisotopic (exact) mass is 352 g/mol. The van der Waals surface area contributed by atoms with Crippen LogP contribution in [0.15, 0.2) is 65.1 Å². The zero-order valence-corrected chi connectivity index (χ0v) is 13.8. The van der Waals surface area contributed by atoms with Crippen molar-refractivity contribution in [2.45, 2.75) is 0 Å². The van der Waals surface area contributed by atoms with Crippen LogP contribution in [-0.2, 0) is 9.63 Å². The first-order valence-corrected chi connectivity index (χ1v) is 7.74. The number of fused-ring (bicyclic) bond motifs is 1. The highest BCUT2D eigenvalue weighted by atomic mass is 35.5. The summed E-state index contributed by atoms with van der Waals surface area (Å²) in [6.07, 6.45) is 1.40. The molecule has 0 fully saturated rings. The molecule has 5 nitrogen and oxygen atoms in total. The molecule has 25 heavy (non-hydrogen) atoms. The van der Waals surface area contributed by atoms with Crippen LogP contribution < -0.4 is 5.56 Å². The summed E-state index contributed by atoms with van der Waals surface area (Å²) in [6.45, 7) is 3.77. The summed E-state index contributed by atoms with van der Waals surface area (Å²) in [6, 6.07) is 14.6. The van der Waals surface area contributed by atoms with E-state index < -0.39 is 0 Å². The van der Waals surface area contributed by atoms with E-state index >= 15 is 0 Å². The zero-order valence-electron chi connectivity index (χ0n) is 13.0. The summed E-state index contributed by atoms with van der Waals surface area (Å²) in [5, 5.41) is 4.75. The summed E-state index contributed by atoms with van der Waals surface area (Å²) in [7, 11) is 0. The minimum absolute atomic E-state index is 0.0279. The first-order chi connectivity index (χ1) is 12.1. The normalized spacial score (nSPS) is 10.9. The average molecular weight is 353 g/mol. The van der Waals surface area contributed by atoms with E-state index in [4.69, 9.17) is 16.4 Å². The number of oxime groups is 1. The van der Waals surface area contributed by atoms with E-state index in [1.807, 2.05) is 30.3 Å². The Hall–Kier alpha value is -3.18. The first kappa shape index (κ1) is 16.7. The van der Waals surface area contributed by atoms with E-state index in [0.717, 1.165) is 17.2 Å². The van der Waals surface area contributed by atoms with Crippen molar-refractivity contribution in [3.05, 3.63) is 76.0 Å². The van der Waals surface area contributed by atoms with Crippen molar-refractivity contribution in [2.24, 2.45) is 5.16 Å². The molecule has 124 valence electrons. The first-order valence-electron chi connectivity index (χ1n) is 7.36. The van der Waals surface area contributed by atoms with E-state index in [1.54, 1.807) is 18.2 Å².